The number of nitrogens with two attached hydrogens (primary N) is 1. The minimum Gasteiger partial charge on any atom is -0.323 e. The zero-order valence-electron chi connectivity index (χ0n) is 6.66. The van der Waals surface area contributed by atoms with Gasteiger partial charge in [0.05, 0.1) is 0 Å². The van der Waals surface area contributed by atoms with Crippen molar-refractivity contribution in [1.29, 1.82) is 0 Å². The monoisotopic (exact) mass is 181 g/mol. The predicted molar refractivity (Wildman–Crippen MR) is 50.9 cm³/mol. The van der Waals surface area contributed by atoms with Gasteiger partial charge in [0.2, 0.25) is 0 Å². The Kier molecular flexibility index (Phi) is 2.21. The van der Waals surface area contributed by atoms with E-state index < -0.39 is 0 Å². The summed E-state index contributed by atoms with van der Waals surface area (Å²) in [6.45, 7) is 1.76. The Morgan fingerprint density at radius 3 is 3.25 bits per heavy atom. The van der Waals surface area contributed by atoms with Gasteiger partial charge in [0.1, 0.15) is 5.01 Å². The predicted octanol–water partition coefficient (Wildman–Crippen LogP) is 0.457. The molecule has 0 radical (unpaired) electrons. The summed E-state index contributed by atoms with van der Waals surface area (Å²) in [6.07, 6.45) is 3.91. The van der Waals surface area contributed by atoms with E-state index in [1.807, 2.05) is 11.6 Å². The molecule has 0 fully saturated rings. The highest BCUT2D eigenvalue weighted by molar-refractivity contribution is 7.10. The van der Waals surface area contributed by atoms with E-state index in [1.165, 1.54) is 5.57 Å². The average molecular weight is 181 g/mol. The van der Waals surface area contributed by atoms with Crippen molar-refractivity contribution in [2.75, 3.05) is 13.1 Å². The van der Waals surface area contributed by atoms with Gasteiger partial charge in [-0.15, -0.1) is 11.3 Å². The van der Waals surface area contributed by atoms with Crippen molar-refractivity contribution in [2.45, 2.75) is 6.04 Å². The molecule has 12 heavy (non-hydrogen) atoms. The van der Waals surface area contributed by atoms with Gasteiger partial charge >= 0.3 is 0 Å². The highest BCUT2D eigenvalue weighted by atomic mass is 32.1. The summed E-state index contributed by atoms with van der Waals surface area (Å²) in [7, 11) is 0. The van der Waals surface area contributed by atoms with Gasteiger partial charge < -0.3 is 11.1 Å². The summed E-state index contributed by atoms with van der Waals surface area (Å²) in [5, 5.41) is 6.31. The lowest BCUT2D eigenvalue weighted by atomic mass is 10.1. The Bertz CT molecular complexity index is 279. The van der Waals surface area contributed by atoms with Crippen LogP contribution in [0.2, 0.25) is 0 Å². The van der Waals surface area contributed by atoms with Crippen molar-refractivity contribution in [3.8, 4) is 0 Å². The number of nitrogens with zero attached hydrogens (tertiary/aromatic N) is 1. The summed E-state index contributed by atoms with van der Waals surface area (Å²) < 4.78 is 0. The number of hydrogen-bond acceptors (Lipinski definition) is 4. The summed E-state index contributed by atoms with van der Waals surface area (Å²) in [5.41, 5.74) is 6.99. The molecule has 1 aliphatic heterocycles. The number of aromatic nitrogens is 1. The lowest BCUT2D eigenvalue weighted by Gasteiger charge is -2.17. The summed E-state index contributed by atoms with van der Waals surface area (Å²) >= 11 is 1.66. The second-order valence-corrected chi connectivity index (χ2v) is 3.72. The van der Waals surface area contributed by atoms with Crippen LogP contribution >= 0.6 is 11.3 Å². The molecule has 0 saturated heterocycles. The van der Waals surface area contributed by atoms with Crippen LogP contribution in [0.4, 0.5) is 0 Å². The van der Waals surface area contributed by atoms with Crippen LogP contribution in [0.5, 0.6) is 0 Å². The molecule has 1 aliphatic rings. The molecule has 3 N–H and O–H groups in total. The van der Waals surface area contributed by atoms with Crippen LogP contribution in [-0.2, 0) is 0 Å². The fraction of sp³-hybridized carbons (Fsp3) is 0.375. The van der Waals surface area contributed by atoms with Crippen molar-refractivity contribution < 1.29 is 0 Å². The third-order valence-corrected chi connectivity index (χ3v) is 2.67. The van der Waals surface area contributed by atoms with Gasteiger partial charge in [-0.05, 0) is 5.57 Å². The lowest BCUT2D eigenvalue weighted by molar-refractivity contribution is 0.662. The maximum absolute atomic E-state index is 5.77. The molecular weight excluding hydrogens is 170 g/mol. The van der Waals surface area contributed by atoms with Gasteiger partial charge in [0, 0.05) is 30.7 Å². The van der Waals surface area contributed by atoms with Crippen LogP contribution in [0, 0.1) is 0 Å². The number of rotatable bonds is 1. The van der Waals surface area contributed by atoms with E-state index in [-0.39, 0.29) is 6.04 Å². The van der Waals surface area contributed by atoms with Crippen LogP contribution in [0.15, 0.2) is 17.7 Å². The van der Waals surface area contributed by atoms with Crippen LogP contribution in [-0.4, -0.2) is 24.1 Å². The molecule has 2 rings (SSSR count). The van der Waals surface area contributed by atoms with Gasteiger partial charge in [0.15, 0.2) is 0 Å². The highest BCUT2D eigenvalue weighted by Crippen LogP contribution is 2.18. The largest absolute Gasteiger partial charge is 0.323 e. The van der Waals surface area contributed by atoms with E-state index in [2.05, 4.69) is 16.4 Å². The molecule has 0 aliphatic carbocycles. The zero-order chi connectivity index (χ0) is 8.39. The number of nitrogens with one attached hydrogen (secondary N) is 1. The molecule has 2 heterocycles. The first-order chi connectivity index (χ1) is 5.86. The van der Waals surface area contributed by atoms with E-state index >= 15 is 0 Å². The minimum absolute atomic E-state index is 0.137. The van der Waals surface area contributed by atoms with Crippen molar-refractivity contribution in [1.82, 2.24) is 10.3 Å². The Hall–Kier alpha value is -0.710. The van der Waals surface area contributed by atoms with E-state index in [4.69, 9.17) is 5.73 Å². The molecule has 3 nitrogen and oxygen atoms in total. The Morgan fingerprint density at radius 2 is 2.58 bits per heavy atom. The maximum Gasteiger partial charge on any atom is 0.120 e. The first-order valence-electron chi connectivity index (χ1n) is 3.93. The van der Waals surface area contributed by atoms with E-state index in [0.29, 0.717) is 0 Å². The number of thiazole rings is 1. The van der Waals surface area contributed by atoms with E-state index in [0.717, 1.165) is 18.1 Å². The van der Waals surface area contributed by atoms with Crippen molar-refractivity contribution in [2.24, 2.45) is 5.73 Å². The standard InChI is InChI=1S/C8H11N3S/c9-7-3-6(4-10-5-7)8-11-1-2-12-8/h1-3,7,10H,4-5,9H2. The normalized spacial score (nSPS) is 23.8. The van der Waals surface area contributed by atoms with Crippen LogP contribution in [0.3, 0.4) is 0 Å². The Balaban J connectivity index is 2.23. The topological polar surface area (TPSA) is 50.9 Å². The van der Waals surface area contributed by atoms with Crippen LogP contribution in [0.1, 0.15) is 5.01 Å². The summed E-state index contributed by atoms with van der Waals surface area (Å²) in [4.78, 5) is 4.23. The molecule has 0 amide bonds. The molecule has 0 saturated carbocycles. The Morgan fingerprint density at radius 1 is 1.67 bits per heavy atom. The highest BCUT2D eigenvalue weighted by Gasteiger charge is 2.11. The van der Waals surface area contributed by atoms with Gasteiger partial charge in [-0.3, -0.25) is 0 Å². The quantitative estimate of drug-likeness (QED) is 0.661. The fourth-order valence-corrected chi connectivity index (χ4v) is 1.94. The van der Waals surface area contributed by atoms with Gasteiger partial charge in [-0.2, -0.15) is 0 Å². The smallest absolute Gasteiger partial charge is 0.120 e. The molecular formula is C8H11N3S. The third-order valence-electron chi connectivity index (χ3n) is 1.82. The molecule has 1 atom stereocenters. The second kappa shape index (κ2) is 3.35. The van der Waals surface area contributed by atoms with E-state index in [9.17, 15) is 0 Å². The molecule has 64 valence electrons. The summed E-state index contributed by atoms with van der Waals surface area (Å²) in [6, 6.07) is 0.137. The average Bonchev–Trinajstić information content (AvgIpc) is 2.56. The van der Waals surface area contributed by atoms with Gasteiger partial charge in [-0.25, -0.2) is 4.98 Å². The third kappa shape index (κ3) is 1.55. The van der Waals surface area contributed by atoms with Gasteiger partial charge in [-0.1, -0.05) is 6.08 Å². The molecule has 0 spiro atoms. The molecule has 1 aromatic rings. The van der Waals surface area contributed by atoms with Crippen molar-refractivity contribution >= 4 is 16.9 Å². The Labute approximate surface area is 75.3 Å². The maximum atomic E-state index is 5.77. The first kappa shape index (κ1) is 7.91. The van der Waals surface area contributed by atoms with Crippen molar-refractivity contribution in [3.63, 3.8) is 0 Å². The molecule has 4 heteroatoms. The number of hydrogen-bond donors (Lipinski definition) is 2. The molecule has 0 bridgehead atoms. The van der Waals surface area contributed by atoms with Crippen molar-refractivity contribution in [3.05, 3.63) is 22.7 Å². The SMILES string of the molecule is NC1C=C(c2nccs2)CNC1. The fourth-order valence-electron chi connectivity index (χ4n) is 1.28. The molecule has 1 unspecified atom stereocenters. The summed E-state index contributed by atoms with van der Waals surface area (Å²) in [5.74, 6) is 0. The first-order valence-corrected chi connectivity index (χ1v) is 4.81. The van der Waals surface area contributed by atoms with Crippen LogP contribution < -0.4 is 11.1 Å². The van der Waals surface area contributed by atoms with Crippen LogP contribution in [0.25, 0.3) is 5.57 Å². The molecule has 0 aromatic carbocycles. The lowest BCUT2D eigenvalue weighted by Crippen LogP contribution is -2.37. The van der Waals surface area contributed by atoms with E-state index in [1.54, 1.807) is 11.3 Å². The second-order valence-electron chi connectivity index (χ2n) is 2.82. The minimum atomic E-state index is 0.137. The van der Waals surface area contributed by atoms with Gasteiger partial charge in [0.25, 0.3) is 0 Å². The zero-order valence-corrected chi connectivity index (χ0v) is 7.47. The molecule has 1 aromatic heterocycles.